The lowest BCUT2D eigenvalue weighted by Gasteiger charge is -2.41. The van der Waals surface area contributed by atoms with Gasteiger partial charge in [-0.3, -0.25) is 0 Å². The van der Waals surface area contributed by atoms with E-state index in [0.29, 0.717) is 31.1 Å². The maximum atomic E-state index is 9.51. The second kappa shape index (κ2) is 9.41. The van der Waals surface area contributed by atoms with Crippen LogP contribution in [0.2, 0.25) is 0 Å². The predicted octanol–water partition coefficient (Wildman–Crippen LogP) is 3.98. The first kappa shape index (κ1) is 21.3. The topological polar surface area (TPSA) is 77.5 Å². The van der Waals surface area contributed by atoms with Gasteiger partial charge in [0.15, 0.2) is 5.79 Å². The monoisotopic (exact) mass is 394 g/mol. The van der Waals surface area contributed by atoms with Crippen molar-refractivity contribution in [2.75, 3.05) is 19.8 Å². The molecular weight excluding hydrogens is 364 g/mol. The summed E-state index contributed by atoms with van der Waals surface area (Å²) in [7, 11) is 0. The lowest BCUT2D eigenvalue weighted by atomic mass is 9.92. The predicted molar refractivity (Wildman–Crippen MR) is 113 cm³/mol. The molecule has 1 aliphatic rings. The van der Waals surface area contributed by atoms with Crippen LogP contribution in [0.5, 0.6) is 5.75 Å². The van der Waals surface area contributed by atoms with Gasteiger partial charge in [-0.15, -0.1) is 0 Å². The van der Waals surface area contributed by atoms with Crippen molar-refractivity contribution in [3.8, 4) is 11.8 Å². The summed E-state index contributed by atoms with van der Waals surface area (Å²) >= 11 is 0. The van der Waals surface area contributed by atoms with Gasteiger partial charge in [0, 0.05) is 0 Å². The van der Waals surface area contributed by atoms with Crippen LogP contribution in [0.1, 0.15) is 43.4 Å². The highest BCUT2D eigenvalue weighted by atomic mass is 16.7. The van der Waals surface area contributed by atoms with Crippen LogP contribution < -0.4 is 10.5 Å². The summed E-state index contributed by atoms with van der Waals surface area (Å²) in [4.78, 5) is 0. The third-order valence-corrected chi connectivity index (χ3v) is 5.20. The molecule has 0 bridgehead atoms. The number of hydrogen-bond acceptors (Lipinski definition) is 5. The molecule has 29 heavy (non-hydrogen) atoms. The molecule has 5 heteroatoms. The summed E-state index contributed by atoms with van der Waals surface area (Å²) in [6, 6.07) is 18.4. The van der Waals surface area contributed by atoms with E-state index in [1.807, 2.05) is 50.2 Å². The highest BCUT2D eigenvalue weighted by molar-refractivity contribution is 5.45. The number of hydrogen-bond donors (Lipinski definition) is 1. The quantitative estimate of drug-likeness (QED) is 0.685. The van der Waals surface area contributed by atoms with E-state index in [-0.39, 0.29) is 0 Å². The number of nitriles is 1. The molecule has 1 heterocycles. The highest BCUT2D eigenvalue weighted by Gasteiger charge is 2.36. The molecule has 0 aliphatic carbocycles. The number of aryl methyl sites for hydroxylation is 2. The molecule has 0 atom stereocenters. The zero-order chi connectivity index (χ0) is 20.7. The van der Waals surface area contributed by atoms with Crippen molar-refractivity contribution in [1.82, 2.24) is 0 Å². The van der Waals surface area contributed by atoms with Crippen LogP contribution >= 0.6 is 0 Å². The maximum Gasteiger partial charge on any atom is 0.162 e. The van der Waals surface area contributed by atoms with Crippen LogP contribution in [0.25, 0.3) is 0 Å². The van der Waals surface area contributed by atoms with E-state index >= 15 is 0 Å². The lowest BCUT2D eigenvalue weighted by molar-refractivity contribution is -0.267. The summed E-state index contributed by atoms with van der Waals surface area (Å²) in [6.45, 7) is 5.30. The third kappa shape index (κ3) is 6.30. The normalized spacial score (nSPS) is 17.4. The molecule has 2 N–H and O–H groups in total. The van der Waals surface area contributed by atoms with Gasteiger partial charge in [0.1, 0.15) is 11.8 Å². The van der Waals surface area contributed by atoms with Gasteiger partial charge in [-0.25, -0.2) is 0 Å². The molecule has 0 amide bonds. The Morgan fingerprint density at radius 2 is 1.76 bits per heavy atom. The average Bonchev–Trinajstić information content (AvgIpc) is 2.73. The minimum atomic E-state index is -0.573. The summed E-state index contributed by atoms with van der Waals surface area (Å²) in [5.41, 5.74) is 8.83. The summed E-state index contributed by atoms with van der Waals surface area (Å²) < 4.78 is 17.3. The Labute approximate surface area is 173 Å². The Morgan fingerprint density at radius 3 is 2.45 bits per heavy atom. The van der Waals surface area contributed by atoms with Gasteiger partial charge in [0.2, 0.25) is 0 Å². The number of nitrogens with zero attached hydrogens (tertiary/aromatic N) is 1. The van der Waals surface area contributed by atoms with E-state index in [4.69, 9.17) is 19.9 Å². The first-order valence-electron chi connectivity index (χ1n) is 10.2. The van der Waals surface area contributed by atoms with Crippen molar-refractivity contribution in [2.45, 2.75) is 50.9 Å². The van der Waals surface area contributed by atoms with E-state index in [0.717, 1.165) is 31.2 Å². The summed E-state index contributed by atoms with van der Waals surface area (Å²) in [6.07, 6.45) is 3.35. The zero-order valence-corrected chi connectivity index (χ0v) is 17.3. The van der Waals surface area contributed by atoms with E-state index in [1.165, 1.54) is 5.56 Å². The second-order valence-corrected chi connectivity index (χ2v) is 8.22. The van der Waals surface area contributed by atoms with Crippen molar-refractivity contribution < 1.29 is 14.2 Å². The number of benzene rings is 2. The molecule has 154 valence electrons. The van der Waals surface area contributed by atoms with Gasteiger partial charge in [-0.2, -0.15) is 5.26 Å². The minimum Gasteiger partial charge on any atom is -0.492 e. The molecule has 0 spiro atoms. The van der Waals surface area contributed by atoms with Gasteiger partial charge in [-0.05, 0) is 62.8 Å². The highest BCUT2D eigenvalue weighted by Crippen LogP contribution is 2.26. The molecule has 0 unspecified atom stereocenters. The van der Waals surface area contributed by atoms with E-state index in [2.05, 4.69) is 18.2 Å². The Balaban J connectivity index is 1.50. The fourth-order valence-corrected chi connectivity index (χ4v) is 3.30. The van der Waals surface area contributed by atoms with Crippen molar-refractivity contribution in [3.63, 3.8) is 0 Å². The smallest absolute Gasteiger partial charge is 0.162 e. The Morgan fingerprint density at radius 1 is 1.03 bits per heavy atom. The molecule has 0 saturated carbocycles. The van der Waals surface area contributed by atoms with Gasteiger partial charge in [0.05, 0.1) is 30.9 Å². The average molecular weight is 395 g/mol. The molecular formula is C24H30N2O3. The van der Waals surface area contributed by atoms with Gasteiger partial charge in [0.25, 0.3) is 0 Å². The van der Waals surface area contributed by atoms with Crippen LogP contribution in [0.3, 0.4) is 0 Å². The maximum absolute atomic E-state index is 9.51. The van der Waals surface area contributed by atoms with Crippen LogP contribution in [0.15, 0.2) is 48.5 Å². The van der Waals surface area contributed by atoms with E-state index in [9.17, 15) is 5.26 Å². The van der Waals surface area contributed by atoms with Crippen LogP contribution in [0.4, 0.5) is 0 Å². The van der Waals surface area contributed by atoms with Gasteiger partial charge in [-0.1, -0.05) is 36.4 Å². The lowest BCUT2D eigenvalue weighted by Crippen LogP contribution is -2.57. The SMILES string of the molecule is CC1(C)OCC(N)(CCc2ccc(OCCCc3ccccc3)c(C#N)c2)CO1. The van der Waals surface area contributed by atoms with Crippen LogP contribution in [0, 0.1) is 11.3 Å². The molecule has 1 saturated heterocycles. The van der Waals surface area contributed by atoms with E-state index < -0.39 is 11.3 Å². The van der Waals surface area contributed by atoms with Crippen molar-refractivity contribution in [1.29, 1.82) is 5.26 Å². The fourth-order valence-electron chi connectivity index (χ4n) is 3.30. The first-order chi connectivity index (χ1) is 13.9. The second-order valence-electron chi connectivity index (χ2n) is 8.22. The van der Waals surface area contributed by atoms with Gasteiger partial charge < -0.3 is 19.9 Å². The Hall–Kier alpha value is -2.39. The molecule has 0 aromatic heterocycles. The largest absolute Gasteiger partial charge is 0.492 e. The number of ether oxygens (including phenoxy) is 3. The molecule has 0 radical (unpaired) electrons. The first-order valence-corrected chi connectivity index (χ1v) is 10.2. The summed E-state index contributed by atoms with van der Waals surface area (Å²) in [5, 5.41) is 9.51. The Kier molecular flexibility index (Phi) is 6.92. The Bertz CT molecular complexity index is 833. The minimum absolute atomic E-state index is 0.466. The van der Waals surface area contributed by atoms with Crippen LogP contribution in [-0.4, -0.2) is 31.1 Å². The third-order valence-electron chi connectivity index (χ3n) is 5.20. The molecule has 5 nitrogen and oxygen atoms in total. The summed E-state index contributed by atoms with van der Waals surface area (Å²) in [5.74, 6) is 0.0638. The molecule has 2 aromatic carbocycles. The standard InChI is InChI=1S/C24H30N2O3/c1-23(2)28-17-24(26,18-29-23)13-12-20-10-11-22(21(15-20)16-25)27-14-6-9-19-7-4-3-5-8-19/h3-5,7-8,10-11,15H,6,9,12-14,17-18,26H2,1-2H3. The van der Waals surface area contributed by atoms with Crippen LogP contribution in [-0.2, 0) is 22.3 Å². The molecule has 2 aromatic rings. The number of rotatable bonds is 8. The van der Waals surface area contributed by atoms with E-state index in [1.54, 1.807) is 0 Å². The molecule has 1 aliphatic heterocycles. The zero-order valence-electron chi connectivity index (χ0n) is 17.3. The van der Waals surface area contributed by atoms with Gasteiger partial charge >= 0.3 is 0 Å². The van der Waals surface area contributed by atoms with Crippen molar-refractivity contribution in [2.24, 2.45) is 5.73 Å². The molecule has 3 rings (SSSR count). The van der Waals surface area contributed by atoms with Crippen molar-refractivity contribution in [3.05, 3.63) is 65.2 Å². The van der Waals surface area contributed by atoms with Crippen molar-refractivity contribution >= 4 is 0 Å². The fraction of sp³-hybridized carbons (Fsp3) is 0.458. The number of nitrogens with two attached hydrogens (primary N) is 1. The molecule has 1 fully saturated rings.